The summed E-state index contributed by atoms with van der Waals surface area (Å²) >= 11 is 0. The van der Waals surface area contributed by atoms with Gasteiger partial charge in [-0.05, 0) is 152 Å². The first-order chi connectivity index (χ1) is 41.5. The number of anilines is 6. The van der Waals surface area contributed by atoms with Crippen LogP contribution in [0.15, 0.2) is 230 Å². The van der Waals surface area contributed by atoms with Gasteiger partial charge in [0, 0.05) is 33.3 Å². The van der Waals surface area contributed by atoms with E-state index in [9.17, 15) is 21.3 Å². The van der Waals surface area contributed by atoms with Crippen molar-refractivity contribution in [1.82, 2.24) is 0 Å². The van der Waals surface area contributed by atoms with Crippen LogP contribution in [-0.4, -0.2) is 0 Å². The fourth-order valence-corrected chi connectivity index (χ4v) is 9.92. The van der Waals surface area contributed by atoms with Gasteiger partial charge in [0.1, 0.15) is 11.6 Å². The van der Waals surface area contributed by atoms with Crippen LogP contribution in [0.3, 0.4) is 0 Å². The molecule has 0 aromatic heterocycles. The number of benzene rings is 12. The minimum absolute atomic E-state index is 0.146. The first kappa shape index (κ1) is 36.1. The number of nitrogens with zero attached hydrogens (tertiary/aromatic N) is 6. The van der Waals surface area contributed by atoms with Crippen molar-refractivity contribution < 1.29 is 22.5 Å². The van der Waals surface area contributed by atoms with Crippen LogP contribution in [0.1, 0.15) is 30.4 Å². The Kier molecular flexibility index (Phi) is 9.15. The lowest BCUT2D eigenvalue weighted by Crippen LogP contribution is -2.14. The number of hydrogen-bond donors (Lipinski definition) is 0. The molecule has 0 unspecified atom stereocenters. The normalized spacial score (nSPS) is 12.8. The summed E-state index contributed by atoms with van der Waals surface area (Å²) in [6.45, 7) is 7.69. The van der Waals surface area contributed by atoms with Crippen molar-refractivity contribution in [3.05, 3.63) is 270 Å². The van der Waals surface area contributed by atoms with Crippen molar-refractivity contribution >= 4 is 72.1 Å². The van der Waals surface area contributed by atoms with Crippen LogP contribution in [0.2, 0.25) is 0 Å². The number of para-hydroxylation sites is 2. The molecule has 0 saturated heterocycles. The van der Waals surface area contributed by atoms with Gasteiger partial charge in [0.2, 0.25) is 0 Å². The lowest BCUT2D eigenvalue weighted by atomic mass is 9.90. The van der Waals surface area contributed by atoms with Gasteiger partial charge in [-0.3, -0.25) is 0 Å². The van der Waals surface area contributed by atoms with E-state index >= 15 is 8.78 Å². The van der Waals surface area contributed by atoms with Crippen LogP contribution in [0.5, 0.6) is 0 Å². The van der Waals surface area contributed by atoms with E-state index in [-0.39, 0.29) is 39.6 Å². The maximum Gasteiger partial charge on any atom is 0.187 e. The highest BCUT2D eigenvalue weighted by Crippen LogP contribution is 2.52. The van der Waals surface area contributed by atoms with Gasteiger partial charge in [0.25, 0.3) is 0 Å². The number of hydrogen-bond acceptors (Lipinski definition) is 5. The third kappa shape index (κ3) is 8.12. The molecule has 0 amide bonds. The van der Waals surface area contributed by atoms with E-state index in [1.54, 1.807) is 158 Å². The summed E-state index contributed by atoms with van der Waals surface area (Å²) in [6.07, 6.45) is 0. The second-order valence-electron chi connectivity index (χ2n) is 17.6. The number of nitriles is 3. The summed E-state index contributed by atoms with van der Waals surface area (Å²) in [5.74, 6) is -1.76. The third-order valence-corrected chi connectivity index (χ3v) is 13.4. The van der Waals surface area contributed by atoms with Crippen LogP contribution in [0, 0.1) is 52.2 Å². The summed E-state index contributed by atoms with van der Waals surface area (Å²) < 4.78 is 127. The largest absolute Gasteiger partial charge is 0.307 e. The van der Waals surface area contributed by atoms with Gasteiger partial charge in [-0.2, -0.15) is 15.8 Å². The van der Waals surface area contributed by atoms with Gasteiger partial charge in [0.15, 0.2) is 5.69 Å². The highest BCUT2D eigenvalue weighted by molar-refractivity contribution is 6.28. The smallest absolute Gasteiger partial charge is 0.187 e. The minimum atomic E-state index is -0.882. The molecule has 0 heterocycles. The van der Waals surface area contributed by atoms with Crippen LogP contribution < -0.4 is 9.80 Å². The molecule has 6 nitrogen and oxygen atoms in total. The molecular formula is C68H38F2N6. The average molecular weight is 987 g/mol. The molecule has 0 aliphatic rings. The molecule has 12 aromatic rings. The average Bonchev–Trinajstić information content (AvgIpc) is 1.18. The lowest BCUT2D eigenvalue weighted by molar-refractivity contribution is 0.629. The molecule has 0 fully saturated rings. The Bertz CT molecular complexity index is 4640. The van der Waals surface area contributed by atoms with Crippen LogP contribution in [-0.2, 0) is 0 Å². The standard InChI is InChI=1S/C68H38F2N6/c1-74-54-30-24-49(25-31-54)60-37-53(47-20-14-44(41-72)15-21-47)39-62(70)68(60)76(56-10-6-3-7-11-56)64-35-29-51-26-32-57-63(34-28-50-27-33-58(64)66(51)65(50)57)75(55-8-4-2-5-9-55)67-59(48-22-16-45(42-73)17-23-48)36-52(38-61(67)69)46-18-12-43(40-71)13-19-46/h2-39H/i2D,3D,4D,5D,6D,7D,8D,9D,10D,11D. The zero-order valence-electron chi connectivity index (χ0n) is 49.6. The summed E-state index contributed by atoms with van der Waals surface area (Å²) in [5.41, 5.74) is 3.31. The van der Waals surface area contributed by atoms with E-state index in [0.29, 0.717) is 82.4 Å². The van der Waals surface area contributed by atoms with E-state index in [1.165, 1.54) is 21.9 Å². The molecular weight excluding hydrogens is 939 g/mol. The Morgan fingerprint density at radius 2 is 0.763 bits per heavy atom. The molecule has 0 bridgehead atoms. The van der Waals surface area contributed by atoms with Gasteiger partial charge in [0.05, 0.1) is 77.9 Å². The first-order valence-corrected chi connectivity index (χ1v) is 23.6. The Morgan fingerprint density at radius 3 is 1.13 bits per heavy atom. The predicted octanol–water partition coefficient (Wildman–Crippen LogP) is 18.6. The van der Waals surface area contributed by atoms with E-state index < -0.39 is 83.4 Å². The molecule has 0 N–H and O–H groups in total. The van der Waals surface area contributed by atoms with E-state index in [2.05, 4.69) is 23.1 Å². The predicted molar refractivity (Wildman–Crippen MR) is 302 cm³/mol. The van der Waals surface area contributed by atoms with E-state index in [4.69, 9.17) is 14.8 Å². The highest BCUT2D eigenvalue weighted by Gasteiger charge is 2.28. The first-order valence-electron chi connectivity index (χ1n) is 28.6. The topological polar surface area (TPSA) is 82.2 Å². The summed E-state index contributed by atoms with van der Waals surface area (Å²) in [6, 6.07) is 44.8. The Labute approximate surface area is 451 Å². The van der Waals surface area contributed by atoms with Crippen LogP contribution >= 0.6 is 0 Å². The molecule has 12 rings (SSSR count). The molecule has 8 heteroatoms. The second kappa shape index (κ2) is 19.3. The molecule has 76 heavy (non-hydrogen) atoms. The summed E-state index contributed by atoms with van der Waals surface area (Å²) in [7, 11) is 0. The molecule has 0 radical (unpaired) electrons. The number of rotatable bonds is 10. The fraction of sp³-hybridized carbons (Fsp3) is 0. The third-order valence-electron chi connectivity index (χ3n) is 13.4. The summed E-state index contributed by atoms with van der Waals surface area (Å²) in [4.78, 5) is 6.15. The number of halogens is 2. The molecule has 0 atom stereocenters. The van der Waals surface area contributed by atoms with Crippen LogP contribution in [0.4, 0.5) is 48.6 Å². The van der Waals surface area contributed by atoms with Crippen molar-refractivity contribution in [3.8, 4) is 62.7 Å². The quantitative estimate of drug-likeness (QED) is 0.101. The summed E-state index contributed by atoms with van der Waals surface area (Å²) in [5, 5.41) is 32.0. The van der Waals surface area contributed by atoms with Crippen molar-refractivity contribution in [2.24, 2.45) is 0 Å². The Morgan fingerprint density at radius 1 is 0.408 bits per heavy atom. The maximum atomic E-state index is 18.2. The van der Waals surface area contributed by atoms with Crippen molar-refractivity contribution in [2.45, 2.75) is 0 Å². The Balaban J connectivity index is 1.18. The van der Waals surface area contributed by atoms with Crippen molar-refractivity contribution in [3.63, 3.8) is 0 Å². The second-order valence-corrected chi connectivity index (χ2v) is 17.6. The molecule has 354 valence electrons. The maximum absolute atomic E-state index is 18.2. The van der Waals surface area contributed by atoms with Gasteiger partial charge < -0.3 is 9.80 Å². The van der Waals surface area contributed by atoms with Crippen LogP contribution in [0.25, 0.3) is 81.7 Å². The lowest BCUT2D eigenvalue weighted by Gasteiger charge is -2.31. The minimum Gasteiger partial charge on any atom is -0.307 e. The van der Waals surface area contributed by atoms with Gasteiger partial charge in [-0.15, -0.1) is 0 Å². The molecule has 0 aliphatic heterocycles. The van der Waals surface area contributed by atoms with Crippen molar-refractivity contribution in [1.29, 1.82) is 15.8 Å². The monoisotopic (exact) mass is 986 g/mol. The van der Waals surface area contributed by atoms with E-state index in [1.807, 2.05) is 0 Å². The Hall–Kier alpha value is -10.9. The van der Waals surface area contributed by atoms with Gasteiger partial charge in [-0.25, -0.2) is 13.6 Å². The molecule has 0 saturated carbocycles. The zero-order valence-corrected chi connectivity index (χ0v) is 39.6. The van der Waals surface area contributed by atoms with Gasteiger partial charge in [-0.1, -0.05) is 133 Å². The molecule has 0 spiro atoms. The van der Waals surface area contributed by atoms with E-state index in [0.717, 1.165) is 0 Å². The molecule has 12 aromatic carbocycles. The highest BCUT2D eigenvalue weighted by atomic mass is 19.1. The fourth-order valence-electron chi connectivity index (χ4n) is 9.92. The SMILES string of the molecule is [2H]c1c([2H])c([2H])c(N(c2c(F)cc(-c3ccc(C#N)cc3)cc2-c2ccc(C#N)cc2)c2ccc3ccc4c(N(c5c(F)cc(-c6ccc(C#N)cc6)cc5-c5ccc([N+]#[C-])cc5)c5c([2H])c([2H])c([2H])c([2H])c5[2H])ccc5ccc2c3c54)c([2H])c1[2H]. The van der Waals surface area contributed by atoms with Crippen molar-refractivity contribution in [2.75, 3.05) is 9.80 Å². The zero-order chi connectivity index (χ0) is 60.6. The molecule has 0 aliphatic carbocycles. The van der Waals surface area contributed by atoms with Gasteiger partial charge >= 0.3 is 0 Å².